The topological polar surface area (TPSA) is 0 Å². The number of hydrogen-bond donors (Lipinski definition) is 0. The van der Waals surface area contributed by atoms with Gasteiger partial charge >= 0.3 is 0 Å². The lowest BCUT2D eigenvalue weighted by atomic mass is 9.76. The molecule has 3 aromatic carbocycles. The molecule has 0 amide bonds. The first-order valence-corrected chi connectivity index (χ1v) is 11.9. The van der Waals surface area contributed by atoms with Gasteiger partial charge in [-0.2, -0.15) is 0 Å². The highest BCUT2D eigenvalue weighted by Gasteiger charge is 2.22. The summed E-state index contributed by atoms with van der Waals surface area (Å²) >= 11 is 6.00. The molecule has 156 valence electrons. The number of benzene rings is 3. The Morgan fingerprint density at radius 2 is 1.40 bits per heavy atom. The fourth-order valence-electron chi connectivity index (χ4n) is 4.99. The number of aryl methyl sites for hydroxylation is 1. The van der Waals surface area contributed by atoms with E-state index in [0.29, 0.717) is 5.92 Å². The third-order valence-corrected chi connectivity index (χ3v) is 7.21. The summed E-state index contributed by atoms with van der Waals surface area (Å²) in [6, 6.07) is 28.7. The zero-order chi connectivity index (χ0) is 20.8. The van der Waals surface area contributed by atoms with E-state index in [-0.39, 0.29) is 0 Å². The summed E-state index contributed by atoms with van der Waals surface area (Å²) in [5, 5.41) is 0.833. The lowest BCUT2D eigenvalue weighted by Gasteiger charge is -2.29. The number of halogens is 1. The second-order valence-electron chi connectivity index (χ2n) is 9.14. The summed E-state index contributed by atoms with van der Waals surface area (Å²) in [7, 11) is 0. The minimum absolute atomic E-state index is 0.563. The van der Waals surface area contributed by atoms with Crippen LogP contribution < -0.4 is 0 Å². The molecule has 0 heterocycles. The molecule has 0 N–H and O–H groups in total. The van der Waals surface area contributed by atoms with Crippen molar-refractivity contribution in [2.24, 2.45) is 5.92 Å². The van der Waals surface area contributed by atoms with Gasteiger partial charge in [-0.15, -0.1) is 0 Å². The van der Waals surface area contributed by atoms with E-state index in [1.54, 1.807) is 5.56 Å². The molecule has 1 aliphatic carbocycles. The zero-order valence-corrected chi connectivity index (χ0v) is 18.8. The predicted molar refractivity (Wildman–Crippen MR) is 129 cm³/mol. The van der Waals surface area contributed by atoms with Crippen molar-refractivity contribution in [2.45, 2.75) is 63.7 Å². The zero-order valence-electron chi connectivity index (χ0n) is 18.1. The number of rotatable bonds is 7. The van der Waals surface area contributed by atoms with Crippen LogP contribution >= 0.6 is 11.6 Å². The molecule has 0 unspecified atom stereocenters. The minimum atomic E-state index is 0.563. The van der Waals surface area contributed by atoms with Gasteiger partial charge in [0.2, 0.25) is 0 Å². The standard InChI is InChI=1S/C29H33Cl/c1-22(26-5-3-2-4-6-26)21-25-11-17-28(18-12-25)27-15-9-23(10-16-27)7-8-24-13-19-29(30)20-14-24/h2-6,11-14,17-20,22-23,27H,7-10,15-16,21H2,1H3/t22-,23?,27?/m1/s1. The molecule has 4 rings (SSSR count). The molecule has 1 saturated carbocycles. The van der Waals surface area contributed by atoms with E-state index in [9.17, 15) is 0 Å². The van der Waals surface area contributed by atoms with Crippen molar-refractivity contribution in [2.75, 3.05) is 0 Å². The summed E-state index contributed by atoms with van der Waals surface area (Å²) in [5.74, 6) is 2.19. The summed E-state index contributed by atoms with van der Waals surface area (Å²) in [4.78, 5) is 0. The molecular weight excluding hydrogens is 384 g/mol. The van der Waals surface area contributed by atoms with Gasteiger partial charge < -0.3 is 0 Å². The Morgan fingerprint density at radius 3 is 2.07 bits per heavy atom. The van der Waals surface area contributed by atoms with Gasteiger partial charge in [0.1, 0.15) is 0 Å². The molecule has 0 saturated heterocycles. The van der Waals surface area contributed by atoms with Crippen LogP contribution in [0.1, 0.15) is 73.1 Å². The van der Waals surface area contributed by atoms with Crippen LogP contribution in [0.25, 0.3) is 0 Å². The van der Waals surface area contributed by atoms with Gasteiger partial charge in [-0.1, -0.05) is 85.3 Å². The van der Waals surface area contributed by atoms with Crippen LogP contribution in [-0.4, -0.2) is 0 Å². The lowest BCUT2D eigenvalue weighted by Crippen LogP contribution is -2.14. The molecule has 1 heteroatoms. The van der Waals surface area contributed by atoms with Crippen molar-refractivity contribution >= 4 is 11.6 Å². The molecule has 1 aliphatic rings. The Bertz CT molecular complexity index is 887. The smallest absolute Gasteiger partial charge is 0.0406 e. The van der Waals surface area contributed by atoms with E-state index in [2.05, 4.69) is 73.7 Å². The lowest BCUT2D eigenvalue weighted by molar-refractivity contribution is 0.310. The van der Waals surface area contributed by atoms with Crippen molar-refractivity contribution in [3.05, 3.63) is 106 Å². The highest BCUT2D eigenvalue weighted by molar-refractivity contribution is 6.30. The van der Waals surface area contributed by atoms with E-state index in [1.807, 2.05) is 12.1 Å². The monoisotopic (exact) mass is 416 g/mol. The molecule has 1 fully saturated rings. The summed E-state index contributed by atoms with van der Waals surface area (Å²) in [5.41, 5.74) is 5.84. The third-order valence-electron chi connectivity index (χ3n) is 6.96. The molecule has 0 spiro atoms. The van der Waals surface area contributed by atoms with Crippen LogP contribution in [0, 0.1) is 5.92 Å². The third kappa shape index (κ3) is 5.76. The Labute approximate surface area is 187 Å². The molecule has 0 bridgehead atoms. The number of hydrogen-bond acceptors (Lipinski definition) is 0. The van der Waals surface area contributed by atoms with Gasteiger partial charge in [0.15, 0.2) is 0 Å². The van der Waals surface area contributed by atoms with Crippen LogP contribution in [0.2, 0.25) is 5.02 Å². The largest absolute Gasteiger partial charge is 0.0843 e. The highest BCUT2D eigenvalue weighted by atomic mass is 35.5. The van der Waals surface area contributed by atoms with Crippen LogP contribution in [0.5, 0.6) is 0 Å². The Morgan fingerprint density at radius 1 is 0.767 bits per heavy atom. The molecule has 30 heavy (non-hydrogen) atoms. The maximum Gasteiger partial charge on any atom is 0.0406 e. The SMILES string of the molecule is C[C@H](Cc1ccc(C2CCC(CCc3ccc(Cl)cc3)CC2)cc1)c1ccccc1. The van der Waals surface area contributed by atoms with Crippen LogP contribution in [-0.2, 0) is 12.8 Å². The van der Waals surface area contributed by atoms with Crippen molar-refractivity contribution in [3.63, 3.8) is 0 Å². The molecule has 0 aliphatic heterocycles. The predicted octanol–water partition coefficient (Wildman–Crippen LogP) is 8.59. The Hall–Kier alpha value is -2.05. The van der Waals surface area contributed by atoms with E-state index in [4.69, 9.17) is 11.6 Å². The Kier molecular flexibility index (Phi) is 7.28. The second-order valence-corrected chi connectivity index (χ2v) is 9.58. The van der Waals surface area contributed by atoms with Crippen molar-refractivity contribution < 1.29 is 0 Å². The van der Waals surface area contributed by atoms with Gasteiger partial charge in [0.25, 0.3) is 0 Å². The van der Waals surface area contributed by atoms with E-state index in [1.165, 1.54) is 55.2 Å². The van der Waals surface area contributed by atoms with Crippen molar-refractivity contribution in [3.8, 4) is 0 Å². The average molecular weight is 417 g/mol. The summed E-state index contributed by atoms with van der Waals surface area (Å²) < 4.78 is 0. The van der Waals surface area contributed by atoms with Crippen LogP contribution in [0.4, 0.5) is 0 Å². The Balaban J connectivity index is 1.25. The molecule has 0 radical (unpaired) electrons. The normalized spacial score (nSPS) is 20.1. The highest BCUT2D eigenvalue weighted by Crippen LogP contribution is 2.37. The molecule has 3 aromatic rings. The summed E-state index contributed by atoms with van der Waals surface area (Å²) in [6.45, 7) is 2.33. The average Bonchev–Trinajstić information content (AvgIpc) is 2.80. The van der Waals surface area contributed by atoms with Crippen molar-refractivity contribution in [1.82, 2.24) is 0 Å². The minimum Gasteiger partial charge on any atom is -0.0843 e. The van der Waals surface area contributed by atoms with Gasteiger partial charge in [-0.3, -0.25) is 0 Å². The van der Waals surface area contributed by atoms with Crippen molar-refractivity contribution in [1.29, 1.82) is 0 Å². The first-order valence-electron chi connectivity index (χ1n) is 11.6. The fraction of sp³-hybridized carbons (Fsp3) is 0.379. The van der Waals surface area contributed by atoms with Gasteiger partial charge in [-0.25, -0.2) is 0 Å². The maximum atomic E-state index is 6.00. The first-order chi connectivity index (χ1) is 14.7. The molecule has 0 nitrogen and oxygen atoms in total. The quantitative estimate of drug-likeness (QED) is 0.361. The molecule has 0 aromatic heterocycles. The second kappa shape index (κ2) is 10.3. The van der Waals surface area contributed by atoms with E-state index >= 15 is 0 Å². The van der Waals surface area contributed by atoms with Crippen LogP contribution in [0.15, 0.2) is 78.9 Å². The van der Waals surface area contributed by atoms with E-state index in [0.717, 1.165) is 23.3 Å². The fourth-order valence-corrected chi connectivity index (χ4v) is 5.11. The maximum absolute atomic E-state index is 6.00. The van der Waals surface area contributed by atoms with Crippen LogP contribution in [0.3, 0.4) is 0 Å². The first kappa shape index (κ1) is 21.2. The van der Waals surface area contributed by atoms with Gasteiger partial charge in [-0.05, 0) is 97.1 Å². The van der Waals surface area contributed by atoms with E-state index < -0.39 is 0 Å². The van der Waals surface area contributed by atoms with Gasteiger partial charge in [0.05, 0.1) is 0 Å². The molecular formula is C29H33Cl. The van der Waals surface area contributed by atoms with Gasteiger partial charge in [0, 0.05) is 5.02 Å². The molecule has 1 atom stereocenters. The summed E-state index contributed by atoms with van der Waals surface area (Å²) in [6.07, 6.45) is 9.01.